The van der Waals surface area contributed by atoms with E-state index in [4.69, 9.17) is 0 Å². The van der Waals surface area contributed by atoms with E-state index in [0.717, 1.165) is 44.1 Å². The van der Waals surface area contributed by atoms with Crippen LogP contribution in [0.25, 0.3) is 0 Å². The third-order valence-corrected chi connectivity index (χ3v) is 9.02. The van der Waals surface area contributed by atoms with E-state index in [9.17, 15) is 0 Å². The second-order valence-corrected chi connectivity index (χ2v) is 11.6. The fourth-order valence-electron chi connectivity index (χ4n) is 5.49. The van der Waals surface area contributed by atoms with Crippen LogP contribution < -0.4 is 4.90 Å². The first-order valence-electron chi connectivity index (χ1n) is 15.1. The van der Waals surface area contributed by atoms with Crippen LogP contribution in [-0.2, 0) is 6.54 Å². The second-order valence-electron chi connectivity index (χ2n) is 10.6. The normalized spacial score (nSPS) is 16.0. The Kier molecular flexibility index (Phi) is 11.1. The van der Waals surface area contributed by atoms with E-state index in [1.54, 1.807) is 11.8 Å². The minimum absolute atomic E-state index is 0.739. The van der Waals surface area contributed by atoms with Crippen LogP contribution in [0.1, 0.15) is 65.0 Å². The number of aromatic nitrogens is 4. The van der Waals surface area contributed by atoms with E-state index in [1.165, 1.54) is 50.0 Å². The summed E-state index contributed by atoms with van der Waals surface area (Å²) in [5.74, 6) is 0. The zero-order valence-electron chi connectivity index (χ0n) is 26.3. The van der Waals surface area contributed by atoms with Crippen molar-refractivity contribution < 1.29 is 4.58 Å². The molecule has 0 atom stereocenters. The molecule has 1 aromatic heterocycles. The summed E-state index contributed by atoms with van der Waals surface area (Å²) < 4.78 is 4.26. The van der Waals surface area contributed by atoms with Crippen LogP contribution >= 0.6 is 11.8 Å². The van der Waals surface area contributed by atoms with Crippen LogP contribution in [-0.4, -0.2) is 43.6 Å². The maximum Gasteiger partial charge on any atom is 0.214 e. The van der Waals surface area contributed by atoms with Crippen molar-refractivity contribution in [3.63, 3.8) is 0 Å². The molecule has 0 spiro atoms. The van der Waals surface area contributed by atoms with Crippen LogP contribution in [0.15, 0.2) is 99.7 Å². The predicted molar refractivity (Wildman–Crippen MR) is 178 cm³/mol. The van der Waals surface area contributed by atoms with Gasteiger partial charge in [-0.2, -0.15) is 4.58 Å². The van der Waals surface area contributed by atoms with Crippen LogP contribution in [0.4, 0.5) is 11.4 Å². The van der Waals surface area contributed by atoms with Gasteiger partial charge in [-0.25, -0.2) is 4.68 Å². The van der Waals surface area contributed by atoms with Gasteiger partial charge in [-0.1, -0.05) is 48.6 Å². The van der Waals surface area contributed by atoms with E-state index in [2.05, 4.69) is 146 Å². The molecule has 42 heavy (non-hydrogen) atoms. The molecule has 6 nitrogen and oxygen atoms in total. The van der Waals surface area contributed by atoms with Gasteiger partial charge >= 0.3 is 0 Å². The monoisotopic (exact) mass is 581 g/mol. The van der Waals surface area contributed by atoms with Gasteiger partial charge in [0, 0.05) is 54.0 Å². The number of nitrogens with zero attached hydrogens (tertiary/aromatic N) is 6. The lowest BCUT2D eigenvalue weighted by Gasteiger charge is -2.26. The van der Waals surface area contributed by atoms with Crippen LogP contribution in [0.3, 0.4) is 0 Å². The average molecular weight is 582 g/mol. The Balaban J connectivity index is 1.75. The summed E-state index contributed by atoms with van der Waals surface area (Å²) in [6, 6.07) is 17.2. The average Bonchev–Trinajstić information content (AvgIpc) is 3.45. The number of hydrogen-bond donors (Lipinski definition) is 0. The van der Waals surface area contributed by atoms with Gasteiger partial charge in [0.2, 0.25) is 10.8 Å². The Hall–Kier alpha value is -3.71. The van der Waals surface area contributed by atoms with E-state index >= 15 is 0 Å². The fraction of sp³-hybridized carbons (Fsp3) is 0.371. The third-order valence-electron chi connectivity index (χ3n) is 7.82. The van der Waals surface area contributed by atoms with Crippen molar-refractivity contribution in [2.45, 2.75) is 79.4 Å². The molecule has 0 unspecified atom stereocenters. The number of hydrogen-bond acceptors (Lipinski definition) is 5. The van der Waals surface area contributed by atoms with Gasteiger partial charge in [0.15, 0.2) is 5.71 Å². The first-order valence-corrected chi connectivity index (χ1v) is 15.9. The van der Waals surface area contributed by atoms with Crippen molar-refractivity contribution in [1.82, 2.24) is 20.2 Å². The summed E-state index contributed by atoms with van der Waals surface area (Å²) in [7, 11) is 0. The molecule has 1 aliphatic rings. The van der Waals surface area contributed by atoms with Crippen LogP contribution in [0.5, 0.6) is 0 Å². The molecule has 3 aromatic rings. The molecule has 0 saturated heterocycles. The molecule has 0 bridgehead atoms. The summed E-state index contributed by atoms with van der Waals surface area (Å²) in [6.45, 7) is 17.8. The predicted octanol–water partition coefficient (Wildman–Crippen LogP) is 8.58. The van der Waals surface area contributed by atoms with E-state index in [1.807, 2.05) is 4.68 Å². The fourth-order valence-corrected chi connectivity index (χ4v) is 6.62. The highest BCUT2D eigenvalue weighted by Crippen LogP contribution is 2.41. The Bertz CT molecular complexity index is 1540. The van der Waals surface area contributed by atoms with Gasteiger partial charge in [0.1, 0.15) is 6.54 Å². The van der Waals surface area contributed by atoms with E-state index in [0.29, 0.717) is 0 Å². The lowest BCUT2D eigenvalue weighted by molar-refractivity contribution is -0.436. The van der Waals surface area contributed by atoms with Crippen molar-refractivity contribution in [3.05, 3.63) is 106 Å². The molecule has 1 aliphatic carbocycles. The summed E-state index contributed by atoms with van der Waals surface area (Å²) in [5, 5.41) is 13.4. The molecule has 4 rings (SSSR count). The van der Waals surface area contributed by atoms with Gasteiger partial charge in [0.05, 0.1) is 0 Å². The van der Waals surface area contributed by atoms with Crippen molar-refractivity contribution in [3.8, 4) is 0 Å². The molecule has 220 valence electrons. The molecule has 0 aliphatic heterocycles. The number of allylic oxidation sites excluding steroid dienone is 7. The smallest absolute Gasteiger partial charge is 0.214 e. The molecule has 2 aromatic carbocycles. The van der Waals surface area contributed by atoms with E-state index in [-0.39, 0.29) is 0 Å². The molecule has 0 radical (unpaired) electrons. The summed E-state index contributed by atoms with van der Waals surface area (Å²) >= 11 is 1.69. The number of aryl methyl sites for hydroxylation is 3. The number of benzene rings is 2. The first kappa shape index (κ1) is 31.2. The topological polar surface area (TPSA) is 49.9 Å². The highest BCUT2D eigenvalue weighted by atomic mass is 32.2. The highest BCUT2D eigenvalue weighted by molar-refractivity contribution is 8.03. The molecule has 0 saturated carbocycles. The number of tetrazole rings is 1. The van der Waals surface area contributed by atoms with Crippen LogP contribution in [0.2, 0.25) is 0 Å². The number of anilines is 1. The van der Waals surface area contributed by atoms with Crippen molar-refractivity contribution in [1.29, 1.82) is 0 Å². The van der Waals surface area contributed by atoms with Crippen molar-refractivity contribution in [2.24, 2.45) is 0 Å². The van der Waals surface area contributed by atoms with Crippen LogP contribution in [0, 0.1) is 13.8 Å². The number of rotatable bonds is 11. The Morgan fingerprint density at radius 3 is 2.43 bits per heavy atom. The lowest BCUT2D eigenvalue weighted by atomic mass is 9.94. The second kappa shape index (κ2) is 15.0. The standard InChI is InChI=1S/C35H45N6S/c1-8-39(32-20-13-11-16-26(32)4)28(6)22-24-30-18-15-19-31(34(30)42-35-36-37-38-41(35)10-3)25-23-29(7)40(9-2)33-21-14-12-17-27(33)5/h11-14,16-17,20-25H,8-10,15,18-19H2,1-7H3/q+1. The molecule has 0 fully saturated rings. The Morgan fingerprint density at radius 1 is 1.00 bits per heavy atom. The van der Waals surface area contributed by atoms with Gasteiger partial charge < -0.3 is 4.90 Å². The van der Waals surface area contributed by atoms with E-state index < -0.39 is 0 Å². The lowest BCUT2D eigenvalue weighted by Crippen LogP contribution is -2.21. The molecule has 0 amide bonds. The van der Waals surface area contributed by atoms with Gasteiger partial charge in [0.25, 0.3) is 0 Å². The molecule has 7 heteroatoms. The number of thioether (sulfide) groups is 1. The van der Waals surface area contributed by atoms with Crippen molar-refractivity contribution in [2.75, 3.05) is 18.0 Å². The Labute approximate surface area is 256 Å². The quantitative estimate of drug-likeness (QED) is 0.168. The third kappa shape index (κ3) is 7.37. The first-order chi connectivity index (χ1) is 20.4. The zero-order valence-corrected chi connectivity index (χ0v) is 27.1. The summed E-state index contributed by atoms with van der Waals surface area (Å²) in [5.41, 5.74) is 10.2. The largest absolute Gasteiger partial charge is 0.345 e. The van der Waals surface area contributed by atoms with Gasteiger partial charge in [-0.3, -0.25) is 0 Å². The molecular formula is C35H45N6S+. The highest BCUT2D eigenvalue weighted by Gasteiger charge is 2.21. The maximum atomic E-state index is 4.36. The molecule has 0 N–H and O–H groups in total. The van der Waals surface area contributed by atoms with Crippen molar-refractivity contribution >= 4 is 28.8 Å². The zero-order chi connectivity index (χ0) is 30.1. The molecular weight excluding hydrogens is 536 g/mol. The van der Waals surface area contributed by atoms with Gasteiger partial charge in [-0.05, 0) is 112 Å². The molecule has 1 heterocycles. The summed E-state index contributed by atoms with van der Waals surface area (Å²) in [4.78, 5) is 3.64. The van der Waals surface area contributed by atoms with Gasteiger partial charge in [-0.15, -0.1) is 5.10 Å². The minimum atomic E-state index is 0.739. The minimum Gasteiger partial charge on any atom is -0.345 e. The SMILES string of the molecule is CCN(/C(C)=C/C=C1\CCCC(/C=C/C(C)=[N+](\CC)c2ccccc2C)=C1Sc1nnnn1CC)c1ccccc1C. The summed E-state index contributed by atoms with van der Waals surface area (Å²) in [6.07, 6.45) is 12.3. The Morgan fingerprint density at radius 2 is 1.74 bits per heavy atom. The maximum absolute atomic E-state index is 4.36. The number of para-hydroxylation sites is 2.